The number of ether oxygens (including phenoxy) is 2. The Hall–Kier alpha value is -2.42. The van der Waals surface area contributed by atoms with Crippen molar-refractivity contribution >= 4 is 17.7 Å². The molecule has 1 aromatic heterocycles. The van der Waals surface area contributed by atoms with Crippen LogP contribution in [0.2, 0.25) is 0 Å². The van der Waals surface area contributed by atoms with Crippen LogP contribution in [0.4, 0.5) is 14.9 Å². The summed E-state index contributed by atoms with van der Waals surface area (Å²) in [7, 11) is 0. The van der Waals surface area contributed by atoms with E-state index >= 15 is 0 Å². The highest BCUT2D eigenvalue weighted by Crippen LogP contribution is 2.69. The van der Waals surface area contributed by atoms with Crippen LogP contribution in [-0.2, 0) is 19.7 Å². The number of nitrogens with zero attached hydrogens (tertiary/aromatic N) is 3. The monoisotopic (exact) mass is 475 g/mol. The largest absolute Gasteiger partial charge is 0.480 e. The molecule has 0 radical (unpaired) electrons. The van der Waals surface area contributed by atoms with E-state index in [1.807, 2.05) is 31.7 Å². The highest BCUT2D eigenvalue weighted by atomic mass is 19.1. The van der Waals surface area contributed by atoms with Gasteiger partial charge in [0.1, 0.15) is 11.3 Å². The number of aromatic nitrogens is 1. The van der Waals surface area contributed by atoms with Crippen LogP contribution in [0.25, 0.3) is 0 Å². The minimum absolute atomic E-state index is 0.0433. The number of carbonyl (C=O) groups excluding carboxylic acids is 1. The average Bonchev–Trinajstić information content (AvgIpc) is 2.67. The van der Waals surface area contributed by atoms with Gasteiger partial charge in [0.25, 0.3) is 0 Å². The second kappa shape index (κ2) is 7.80. The third-order valence-corrected chi connectivity index (χ3v) is 7.76. The number of halogens is 1. The Morgan fingerprint density at radius 1 is 1.29 bits per heavy atom. The smallest absolute Gasteiger partial charge is 0.410 e. The molecule has 1 atom stereocenters. The third kappa shape index (κ3) is 4.01. The summed E-state index contributed by atoms with van der Waals surface area (Å²) in [6.45, 7) is 7.83. The number of amides is 1. The second-order valence-corrected chi connectivity index (χ2v) is 11.8. The molecule has 2 saturated heterocycles. The number of carboxylic acids is 1. The van der Waals surface area contributed by atoms with Crippen molar-refractivity contribution in [1.29, 1.82) is 0 Å². The molecule has 1 amide bonds. The summed E-state index contributed by atoms with van der Waals surface area (Å²) >= 11 is 0. The van der Waals surface area contributed by atoms with Gasteiger partial charge in [0.15, 0.2) is 5.41 Å². The molecule has 1 aromatic rings. The predicted molar refractivity (Wildman–Crippen MR) is 123 cm³/mol. The highest BCUT2D eigenvalue weighted by Gasteiger charge is 2.69. The lowest BCUT2D eigenvalue weighted by Crippen LogP contribution is -2.69. The molecule has 3 saturated carbocycles. The zero-order valence-corrected chi connectivity index (χ0v) is 20.2. The van der Waals surface area contributed by atoms with Crippen LogP contribution in [0.1, 0.15) is 58.6 Å². The number of aliphatic carboxylic acids is 1. The summed E-state index contributed by atoms with van der Waals surface area (Å²) in [5.41, 5.74) is -1.38. The minimum atomic E-state index is -1.06. The maximum absolute atomic E-state index is 14.2. The van der Waals surface area contributed by atoms with Gasteiger partial charge in [0, 0.05) is 19.6 Å². The van der Waals surface area contributed by atoms with Crippen molar-refractivity contribution in [2.45, 2.75) is 75.6 Å². The number of pyridine rings is 1. The van der Waals surface area contributed by atoms with Crippen molar-refractivity contribution in [3.63, 3.8) is 0 Å². The van der Waals surface area contributed by atoms with E-state index in [9.17, 15) is 19.1 Å². The highest BCUT2D eigenvalue weighted by molar-refractivity contribution is 5.82. The number of hydrogen-bond donors (Lipinski definition) is 1. The molecule has 8 nitrogen and oxygen atoms in total. The zero-order chi connectivity index (χ0) is 24.4. The first-order valence-corrected chi connectivity index (χ1v) is 12.1. The summed E-state index contributed by atoms with van der Waals surface area (Å²) < 4.78 is 25.1. The number of carboxylic acid groups (broad SMARTS) is 1. The van der Waals surface area contributed by atoms with E-state index in [-0.39, 0.29) is 30.8 Å². The van der Waals surface area contributed by atoms with Gasteiger partial charge in [0.05, 0.1) is 36.8 Å². The van der Waals surface area contributed by atoms with Crippen LogP contribution in [-0.4, -0.2) is 77.2 Å². The number of alkyl halides is 1. The van der Waals surface area contributed by atoms with E-state index in [1.54, 1.807) is 12.3 Å². The molecular weight excluding hydrogens is 441 g/mol. The van der Waals surface area contributed by atoms with E-state index in [4.69, 9.17) is 9.47 Å². The Balaban J connectivity index is 1.31. The summed E-state index contributed by atoms with van der Waals surface area (Å²) in [6, 6.07) is 3.63. The average molecular weight is 476 g/mol. The van der Waals surface area contributed by atoms with E-state index in [1.165, 1.54) is 0 Å². The fraction of sp³-hybridized carbons (Fsp3) is 0.720. The molecular formula is C25H34FN3O5. The van der Waals surface area contributed by atoms with Crippen molar-refractivity contribution in [3.8, 4) is 0 Å². The number of hydrogen-bond acceptors (Lipinski definition) is 6. The standard InChI is InChI=1S/C25H34FN3O5/c1-22(2,3)34-21(32)29(14-23-11-24(26,12-23)13-23)18-5-4-8-28(10-18)17-6-7-19(27-9-17)25(20(30)31)15-33-16-25/h6-7,9,18H,4-5,8,10-16H2,1-3H3,(H,30,31)/t18-,23?,24?/m1/s1. The van der Waals surface area contributed by atoms with Crippen molar-refractivity contribution in [3.05, 3.63) is 24.0 Å². The molecule has 0 spiro atoms. The molecule has 9 heteroatoms. The molecule has 2 aliphatic heterocycles. The Labute approximate surface area is 199 Å². The first-order chi connectivity index (χ1) is 15.9. The van der Waals surface area contributed by atoms with Crippen LogP contribution in [0.15, 0.2) is 18.3 Å². The van der Waals surface area contributed by atoms with Gasteiger partial charge < -0.3 is 24.4 Å². The molecule has 0 unspecified atom stereocenters. The van der Waals surface area contributed by atoms with Crippen LogP contribution in [0.3, 0.4) is 0 Å². The van der Waals surface area contributed by atoms with Crippen molar-refractivity contribution < 1.29 is 28.6 Å². The predicted octanol–water partition coefficient (Wildman–Crippen LogP) is 3.53. The normalized spacial score (nSPS) is 31.5. The Kier molecular flexibility index (Phi) is 5.35. The topological polar surface area (TPSA) is 92.2 Å². The lowest BCUT2D eigenvalue weighted by atomic mass is 9.42. The van der Waals surface area contributed by atoms with Gasteiger partial charge in [-0.3, -0.25) is 9.78 Å². The van der Waals surface area contributed by atoms with Crippen LogP contribution in [0.5, 0.6) is 0 Å². The SMILES string of the molecule is CC(C)(C)OC(=O)N(CC12CC(F)(C1)C2)[C@@H]1CCCN(c2ccc(C3(C(=O)O)COC3)nc2)C1. The van der Waals surface area contributed by atoms with Crippen LogP contribution in [0, 0.1) is 5.41 Å². The van der Waals surface area contributed by atoms with E-state index in [0.717, 1.165) is 25.1 Å². The molecule has 3 heterocycles. The number of rotatable bonds is 6. The molecule has 1 N–H and O–H groups in total. The van der Waals surface area contributed by atoms with Gasteiger partial charge in [-0.1, -0.05) is 0 Å². The molecule has 34 heavy (non-hydrogen) atoms. The molecule has 3 aliphatic carbocycles. The van der Waals surface area contributed by atoms with E-state index < -0.39 is 22.7 Å². The summed E-state index contributed by atoms with van der Waals surface area (Å²) in [4.78, 5) is 33.4. The first kappa shape index (κ1) is 23.3. The van der Waals surface area contributed by atoms with Gasteiger partial charge >= 0.3 is 12.1 Å². The third-order valence-electron chi connectivity index (χ3n) is 7.76. The summed E-state index contributed by atoms with van der Waals surface area (Å²) in [5, 5.41) is 9.62. The summed E-state index contributed by atoms with van der Waals surface area (Å²) in [5.74, 6) is -0.922. The van der Waals surface area contributed by atoms with Gasteiger partial charge in [-0.05, 0) is 70.4 Å². The molecule has 5 fully saturated rings. The summed E-state index contributed by atoms with van der Waals surface area (Å²) in [6.07, 6.45) is 4.75. The van der Waals surface area contributed by atoms with Gasteiger partial charge in [0.2, 0.25) is 0 Å². The Morgan fingerprint density at radius 2 is 2.00 bits per heavy atom. The maximum Gasteiger partial charge on any atom is 0.410 e. The van der Waals surface area contributed by atoms with Crippen molar-refractivity contribution in [2.75, 3.05) is 37.7 Å². The molecule has 186 valence electrons. The number of piperidine rings is 1. The molecule has 0 aromatic carbocycles. The Bertz CT molecular complexity index is 952. The van der Waals surface area contributed by atoms with Gasteiger partial charge in [-0.15, -0.1) is 0 Å². The van der Waals surface area contributed by atoms with Crippen molar-refractivity contribution in [1.82, 2.24) is 9.88 Å². The molecule has 5 aliphatic rings. The Morgan fingerprint density at radius 3 is 2.50 bits per heavy atom. The molecule has 2 bridgehead atoms. The maximum atomic E-state index is 14.2. The fourth-order valence-electron chi connectivity index (χ4n) is 6.04. The molecule has 6 rings (SSSR count). The van der Waals surface area contributed by atoms with E-state index in [0.29, 0.717) is 38.0 Å². The number of carbonyl (C=O) groups is 2. The van der Waals surface area contributed by atoms with Crippen LogP contribution < -0.4 is 4.90 Å². The van der Waals surface area contributed by atoms with Crippen LogP contribution >= 0.6 is 0 Å². The fourth-order valence-corrected chi connectivity index (χ4v) is 6.04. The van der Waals surface area contributed by atoms with Gasteiger partial charge in [-0.2, -0.15) is 0 Å². The zero-order valence-electron chi connectivity index (χ0n) is 20.2. The number of anilines is 1. The minimum Gasteiger partial charge on any atom is -0.480 e. The first-order valence-electron chi connectivity index (χ1n) is 12.1. The lowest BCUT2D eigenvalue weighted by molar-refractivity contribution is -0.221. The quantitative estimate of drug-likeness (QED) is 0.673. The second-order valence-electron chi connectivity index (χ2n) is 11.8. The van der Waals surface area contributed by atoms with E-state index in [2.05, 4.69) is 9.88 Å². The van der Waals surface area contributed by atoms with Crippen molar-refractivity contribution in [2.24, 2.45) is 5.41 Å². The lowest BCUT2D eigenvalue weighted by Gasteiger charge is -2.67. The van der Waals surface area contributed by atoms with Gasteiger partial charge in [-0.25, -0.2) is 9.18 Å².